The number of aliphatic hydroxyl groups is 1. The van der Waals surface area contributed by atoms with Crippen LogP contribution in [-0.4, -0.2) is 92.4 Å². The first kappa shape index (κ1) is 34.3. The van der Waals surface area contributed by atoms with Crippen molar-refractivity contribution in [1.29, 1.82) is 0 Å². The van der Waals surface area contributed by atoms with Crippen LogP contribution >= 0.6 is 12.4 Å². The topological polar surface area (TPSA) is 144 Å². The summed E-state index contributed by atoms with van der Waals surface area (Å²) in [5.41, 5.74) is 1.05. The molecule has 0 spiro atoms. The van der Waals surface area contributed by atoms with E-state index in [0.29, 0.717) is 25.5 Å². The molecule has 1 aromatic heterocycles. The first-order chi connectivity index (χ1) is 18.9. The number of nitrogens with one attached hydrogen (secondary N) is 3. The number of pyridine rings is 1. The Balaban J connectivity index is 0.00000588. The lowest BCUT2D eigenvalue weighted by molar-refractivity contribution is -0.139. The molecule has 228 valence electrons. The molecule has 2 amide bonds. The van der Waals surface area contributed by atoms with Crippen LogP contribution < -0.4 is 20.3 Å². The lowest BCUT2D eigenvalue weighted by Crippen LogP contribution is -2.64. The van der Waals surface area contributed by atoms with Crippen LogP contribution in [0.1, 0.15) is 49.5 Å². The van der Waals surface area contributed by atoms with Gasteiger partial charge in [-0.15, -0.1) is 12.4 Å². The van der Waals surface area contributed by atoms with Gasteiger partial charge in [-0.1, -0.05) is 44.2 Å². The lowest BCUT2D eigenvalue weighted by Gasteiger charge is -2.38. The molecule has 1 aromatic carbocycles. The van der Waals surface area contributed by atoms with Gasteiger partial charge in [-0.3, -0.25) is 13.9 Å². The molecule has 0 bridgehead atoms. The number of rotatable bonds is 13. The van der Waals surface area contributed by atoms with E-state index in [1.54, 1.807) is 11.0 Å². The number of aromatic nitrogens is 1. The number of anilines is 2. The molecule has 1 aliphatic rings. The molecule has 2 heterocycles. The Hall–Kier alpha value is -2.93. The average molecular weight is 611 g/mol. The van der Waals surface area contributed by atoms with Crippen LogP contribution in [0.3, 0.4) is 0 Å². The number of piperazine rings is 1. The first-order valence-electron chi connectivity index (χ1n) is 13.7. The van der Waals surface area contributed by atoms with Gasteiger partial charge in [-0.2, -0.15) is 0 Å². The molecule has 0 saturated carbocycles. The van der Waals surface area contributed by atoms with Gasteiger partial charge < -0.3 is 26.0 Å². The van der Waals surface area contributed by atoms with E-state index >= 15 is 0 Å². The molecule has 0 aliphatic carbocycles. The highest BCUT2D eigenvalue weighted by Gasteiger charge is 2.38. The molecule has 4 atom stereocenters. The SMILES string of the molecule is CCCN1CCNC([C@@H](O)[C@H](Cc2ccccc2)NC(=O)c2cc(NC(C)CC)nc(N(C)S(C)(=O)=O)c2)C1=O.Cl. The summed E-state index contributed by atoms with van der Waals surface area (Å²) in [6.07, 6.45) is 1.72. The van der Waals surface area contributed by atoms with E-state index in [1.807, 2.05) is 51.1 Å². The van der Waals surface area contributed by atoms with Gasteiger partial charge in [0.05, 0.1) is 18.4 Å². The summed E-state index contributed by atoms with van der Waals surface area (Å²) in [6, 6.07) is 10.7. The van der Waals surface area contributed by atoms with Gasteiger partial charge in [0, 0.05) is 38.3 Å². The Bertz CT molecular complexity index is 1260. The summed E-state index contributed by atoms with van der Waals surface area (Å²) < 4.78 is 25.5. The highest BCUT2D eigenvalue weighted by atomic mass is 35.5. The Morgan fingerprint density at radius 1 is 1.24 bits per heavy atom. The van der Waals surface area contributed by atoms with E-state index in [9.17, 15) is 23.1 Å². The highest BCUT2D eigenvalue weighted by molar-refractivity contribution is 7.92. The highest BCUT2D eigenvalue weighted by Crippen LogP contribution is 2.21. The van der Waals surface area contributed by atoms with Crippen molar-refractivity contribution in [2.45, 2.75) is 64.3 Å². The van der Waals surface area contributed by atoms with Crippen LogP contribution in [0.15, 0.2) is 42.5 Å². The summed E-state index contributed by atoms with van der Waals surface area (Å²) in [5.74, 6) is -0.284. The molecule has 3 rings (SSSR count). The van der Waals surface area contributed by atoms with Crippen LogP contribution in [0.5, 0.6) is 0 Å². The minimum atomic E-state index is -3.64. The third kappa shape index (κ3) is 9.29. The summed E-state index contributed by atoms with van der Waals surface area (Å²) >= 11 is 0. The van der Waals surface area contributed by atoms with E-state index in [4.69, 9.17) is 0 Å². The molecule has 1 saturated heterocycles. The van der Waals surface area contributed by atoms with Crippen LogP contribution in [-0.2, 0) is 21.2 Å². The Morgan fingerprint density at radius 2 is 1.93 bits per heavy atom. The van der Waals surface area contributed by atoms with Crippen molar-refractivity contribution >= 4 is 45.9 Å². The van der Waals surface area contributed by atoms with Gasteiger partial charge in [0.25, 0.3) is 5.91 Å². The van der Waals surface area contributed by atoms with Gasteiger partial charge >= 0.3 is 0 Å². The maximum Gasteiger partial charge on any atom is 0.251 e. The maximum atomic E-state index is 13.7. The molecule has 2 unspecified atom stereocenters. The number of halogens is 1. The minimum absolute atomic E-state index is 0. The molecule has 2 aromatic rings. The average Bonchev–Trinajstić information content (AvgIpc) is 2.93. The maximum absolute atomic E-state index is 13.7. The van der Waals surface area contributed by atoms with Crippen molar-refractivity contribution in [2.75, 3.05) is 42.6 Å². The van der Waals surface area contributed by atoms with Gasteiger partial charge in [-0.05, 0) is 43.9 Å². The monoisotopic (exact) mass is 610 g/mol. The minimum Gasteiger partial charge on any atom is -0.389 e. The van der Waals surface area contributed by atoms with Crippen LogP contribution in [0.25, 0.3) is 0 Å². The predicted octanol–water partition coefficient (Wildman–Crippen LogP) is 2.02. The standard InChI is InChI=1S/C28H42N6O5S.ClH/c1-6-14-34-15-13-29-25(28(34)37)26(35)22(16-20-11-9-8-10-12-20)31-27(36)21-17-23(30-19(3)7-2)32-24(18-21)33(4)40(5,38)39;/h8-12,17-19,22,25-26,29,35H,6-7,13-16H2,1-5H3,(H,30,32)(H,31,36);1H/t19?,22-,25?,26-;/m0./s1. The second-order valence-electron chi connectivity index (χ2n) is 10.3. The van der Waals surface area contributed by atoms with E-state index in [2.05, 4.69) is 20.9 Å². The third-order valence-electron chi connectivity index (χ3n) is 7.09. The number of nitrogens with zero attached hydrogens (tertiary/aromatic N) is 3. The number of carbonyl (C=O) groups excluding carboxylic acids is 2. The third-order valence-corrected chi connectivity index (χ3v) is 8.27. The smallest absolute Gasteiger partial charge is 0.251 e. The van der Waals surface area contributed by atoms with Crippen molar-refractivity contribution in [3.05, 3.63) is 53.6 Å². The molecule has 1 fully saturated rings. The molecule has 4 N–H and O–H groups in total. The zero-order valence-corrected chi connectivity index (χ0v) is 26.0. The number of sulfonamides is 1. The van der Waals surface area contributed by atoms with Gasteiger partial charge in [0.15, 0.2) is 0 Å². The van der Waals surface area contributed by atoms with Crippen LogP contribution in [0, 0.1) is 0 Å². The molecular weight excluding hydrogens is 568 g/mol. The molecule has 0 radical (unpaired) electrons. The number of aliphatic hydroxyl groups excluding tert-OH is 1. The number of benzene rings is 1. The molecular formula is C28H43ClN6O5S. The zero-order valence-electron chi connectivity index (χ0n) is 24.3. The van der Waals surface area contributed by atoms with Gasteiger partial charge in [0.2, 0.25) is 15.9 Å². The normalized spacial score (nSPS) is 17.7. The van der Waals surface area contributed by atoms with E-state index in [-0.39, 0.29) is 42.2 Å². The van der Waals surface area contributed by atoms with Crippen LogP contribution in [0.2, 0.25) is 0 Å². The molecule has 13 heteroatoms. The summed E-state index contributed by atoms with van der Waals surface area (Å²) in [7, 11) is -2.26. The molecule has 41 heavy (non-hydrogen) atoms. The predicted molar refractivity (Wildman–Crippen MR) is 164 cm³/mol. The Morgan fingerprint density at radius 3 is 2.54 bits per heavy atom. The Kier molecular flexibility index (Phi) is 12.8. The fourth-order valence-electron chi connectivity index (χ4n) is 4.52. The van der Waals surface area contributed by atoms with E-state index in [0.717, 1.165) is 29.0 Å². The second kappa shape index (κ2) is 15.3. The molecule has 11 nitrogen and oxygen atoms in total. The number of hydrogen-bond acceptors (Lipinski definition) is 8. The quantitative estimate of drug-likeness (QED) is 0.270. The second-order valence-corrected chi connectivity index (χ2v) is 12.3. The van der Waals surface area contributed by atoms with Gasteiger partial charge in [0.1, 0.15) is 17.7 Å². The van der Waals surface area contributed by atoms with Crippen molar-refractivity contribution in [3.63, 3.8) is 0 Å². The molecule has 1 aliphatic heterocycles. The van der Waals surface area contributed by atoms with E-state index in [1.165, 1.54) is 13.1 Å². The van der Waals surface area contributed by atoms with Crippen LogP contribution in [0.4, 0.5) is 11.6 Å². The summed E-state index contributed by atoms with van der Waals surface area (Å²) in [6.45, 7) is 7.64. The number of carbonyl (C=O) groups is 2. The van der Waals surface area contributed by atoms with Crippen molar-refractivity contribution in [2.24, 2.45) is 0 Å². The zero-order chi connectivity index (χ0) is 29.4. The summed E-state index contributed by atoms with van der Waals surface area (Å²) in [4.78, 5) is 33.0. The number of amides is 2. The summed E-state index contributed by atoms with van der Waals surface area (Å²) in [5, 5.41) is 20.7. The Labute approximate surface area is 249 Å². The fraction of sp³-hybridized carbons (Fsp3) is 0.536. The van der Waals surface area contributed by atoms with E-state index < -0.39 is 34.1 Å². The largest absolute Gasteiger partial charge is 0.389 e. The van der Waals surface area contributed by atoms with Gasteiger partial charge in [-0.25, -0.2) is 13.4 Å². The van der Waals surface area contributed by atoms with Crippen molar-refractivity contribution in [1.82, 2.24) is 20.5 Å². The first-order valence-corrected chi connectivity index (χ1v) is 15.6. The lowest BCUT2D eigenvalue weighted by atomic mass is 9.94. The number of hydrogen-bond donors (Lipinski definition) is 4. The van der Waals surface area contributed by atoms with Crippen molar-refractivity contribution < 1.29 is 23.1 Å². The fourth-order valence-corrected chi connectivity index (χ4v) is 4.96. The van der Waals surface area contributed by atoms with Crippen molar-refractivity contribution in [3.8, 4) is 0 Å².